The Bertz CT molecular complexity index is 222. The lowest BCUT2D eigenvalue weighted by molar-refractivity contribution is -0.124. The minimum absolute atomic E-state index is 0.0521. The predicted molar refractivity (Wildman–Crippen MR) is 71.9 cm³/mol. The molecule has 17 heavy (non-hydrogen) atoms. The molecule has 1 aliphatic heterocycles. The Hall–Kier alpha value is -0.570. The lowest BCUT2D eigenvalue weighted by Crippen LogP contribution is -2.48. The number of carbonyl (C=O) groups excluding carboxylic acids is 1. The maximum absolute atomic E-state index is 11.9. The van der Waals surface area contributed by atoms with Crippen LogP contribution in [0.2, 0.25) is 0 Å². The van der Waals surface area contributed by atoms with Crippen molar-refractivity contribution in [3.8, 4) is 0 Å². The van der Waals surface area contributed by atoms with Gasteiger partial charge in [-0.3, -0.25) is 4.79 Å². The molecule has 1 aliphatic rings. The third-order valence-electron chi connectivity index (χ3n) is 3.43. The van der Waals surface area contributed by atoms with Crippen LogP contribution >= 0.6 is 0 Å². The van der Waals surface area contributed by atoms with E-state index < -0.39 is 0 Å². The summed E-state index contributed by atoms with van der Waals surface area (Å²) in [5.41, 5.74) is 0. The van der Waals surface area contributed by atoms with Crippen LogP contribution in [0, 0.1) is 5.92 Å². The molecule has 3 nitrogen and oxygen atoms in total. The predicted octanol–water partition coefficient (Wildman–Crippen LogP) is 2.46. The zero-order valence-electron chi connectivity index (χ0n) is 11.6. The van der Waals surface area contributed by atoms with Crippen LogP contribution in [0.25, 0.3) is 0 Å². The van der Waals surface area contributed by atoms with Gasteiger partial charge < -0.3 is 10.6 Å². The summed E-state index contributed by atoms with van der Waals surface area (Å²) in [6.45, 7) is 7.59. The molecule has 2 N–H and O–H groups in total. The van der Waals surface area contributed by atoms with Crippen molar-refractivity contribution in [1.29, 1.82) is 0 Å². The number of hydrogen-bond acceptors (Lipinski definition) is 2. The largest absolute Gasteiger partial charge is 0.352 e. The van der Waals surface area contributed by atoms with Crippen LogP contribution in [0.1, 0.15) is 59.3 Å². The number of amides is 1. The lowest BCUT2D eigenvalue weighted by Gasteiger charge is -2.24. The van der Waals surface area contributed by atoms with Gasteiger partial charge in [0.1, 0.15) is 0 Å². The van der Waals surface area contributed by atoms with E-state index in [1.54, 1.807) is 0 Å². The fourth-order valence-electron chi connectivity index (χ4n) is 2.32. The first-order valence-electron chi connectivity index (χ1n) is 7.13. The van der Waals surface area contributed by atoms with Crippen molar-refractivity contribution in [2.45, 2.75) is 71.4 Å². The van der Waals surface area contributed by atoms with Crippen LogP contribution in [0.4, 0.5) is 0 Å². The molecule has 1 unspecified atom stereocenters. The third-order valence-corrected chi connectivity index (χ3v) is 3.43. The van der Waals surface area contributed by atoms with Gasteiger partial charge in [0.25, 0.3) is 0 Å². The van der Waals surface area contributed by atoms with Gasteiger partial charge in [0.2, 0.25) is 5.91 Å². The van der Waals surface area contributed by atoms with Crippen LogP contribution in [-0.2, 0) is 4.79 Å². The van der Waals surface area contributed by atoms with Crippen molar-refractivity contribution in [3.05, 3.63) is 0 Å². The average molecular weight is 240 g/mol. The second kappa shape index (κ2) is 7.70. The average Bonchev–Trinajstić information content (AvgIpc) is 2.29. The molecule has 0 aromatic rings. The molecule has 1 fully saturated rings. The van der Waals surface area contributed by atoms with E-state index in [-0.39, 0.29) is 11.9 Å². The van der Waals surface area contributed by atoms with Crippen LogP contribution in [0.3, 0.4) is 0 Å². The van der Waals surface area contributed by atoms with Gasteiger partial charge in [-0.15, -0.1) is 0 Å². The highest BCUT2D eigenvalue weighted by molar-refractivity contribution is 5.82. The zero-order chi connectivity index (χ0) is 12.7. The maximum atomic E-state index is 11.9. The molecule has 0 spiro atoms. The van der Waals surface area contributed by atoms with E-state index in [1.807, 2.05) is 0 Å². The molecule has 1 amide bonds. The van der Waals surface area contributed by atoms with Crippen molar-refractivity contribution in [3.63, 3.8) is 0 Å². The highest BCUT2D eigenvalue weighted by atomic mass is 16.2. The molecular weight excluding hydrogens is 212 g/mol. The fraction of sp³-hybridized carbons (Fsp3) is 0.929. The second-order valence-electron chi connectivity index (χ2n) is 5.74. The minimum atomic E-state index is 0.0521. The first kappa shape index (κ1) is 14.5. The molecule has 1 heterocycles. The van der Waals surface area contributed by atoms with Gasteiger partial charge in [0.15, 0.2) is 0 Å². The fourth-order valence-corrected chi connectivity index (χ4v) is 2.32. The smallest absolute Gasteiger partial charge is 0.237 e. The molecule has 0 saturated carbocycles. The molecule has 0 aliphatic carbocycles. The Labute approximate surface area is 106 Å². The summed E-state index contributed by atoms with van der Waals surface area (Å²) in [5, 5.41) is 6.41. The Morgan fingerprint density at radius 1 is 1.29 bits per heavy atom. The molecule has 0 aromatic carbocycles. The first-order chi connectivity index (χ1) is 8.09. The number of carbonyl (C=O) groups is 1. The molecule has 0 bridgehead atoms. The minimum Gasteiger partial charge on any atom is -0.352 e. The highest BCUT2D eigenvalue weighted by Gasteiger charge is 2.21. The number of piperidine rings is 1. The maximum Gasteiger partial charge on any atom is 0.237 e. The molecule has 3 heteroatoms. The Balaban J connectivity index is 2.15. The van der Waals surface area contributed by atoms with Crippen LogP contribution in [0.15, 0.2) is 0 Å². The highest BCUT2D eigenvalue weighted by Crippen LogP contribution is 2.10. The van der Waals surface area contributed by atoms with E-state index in [9.17, 15) is 4.79 Å². The van der Waals surface area contributed by atoms with Gasteiger partial charge in [-0.25, -0.2) is 0 Å². The van der Waals surface area contributed by atoms with E-state index in [0.29, 0.717) is 6.04 Å². The summed E-state index contributed by atoms with van der Waals surface area (Å²) < 4.78 is 0. The van der Waals surface area contributed by atoms with Gasteiger partial charge in [-0.05, 0) is 38.6 Å². The summed E-state index contributed by atoms with van der Waals surface area (Å²) in [5.74, 6) is 0.958. The first-order valence-corrected chi connectivity index (χ1v) is 7.13. The van der Waals surface area contributed by atoms with Crippen molar-refractivity contribution < 1.29 is 4.79 Å². The zero-order valence-corrected chi connectivity index (χ0v) is 11.6. The standard InChI is InChI=1S/C14H28N2O/c1-11(2)7-6-8-12(3)16-14(17)13-9-4-5-10-15-13/h11-13,15H,4-10H2,1-3H3,(H,16,17)/t12?,13-/m0/s1. The van der Waals surface area contributed by atoms with Crippen molar-refractivity contribution in [1.82, 2.24) is 10.6 Å². The van der Waals surface area contributed by atoms with E-state index >= 15 is 0 Å². The van der Waals surface area contributed by atoms with Gasteiger partial charge in [0, 0.05) is 6.04 Å². The summed E-state index contributed by atoms with van der Waals surface area (Å²) in [7, 11) is 0. The van der Waals surface area contributed by atoms with Gasteiger partial charge >= 0.3 is 0 Å². The van der Waals surface area contributed by atoms with Crippen molar-refractivity contribution in [2.75, 3.05) is 6.54 Å². The number of hydrogen-bond donors (Lipinski definition) is 2. The second-order valence-corrected chi connectivity index (χ2v) is 5.74. The van der Waals surface area contributed by atoms with E-state index in [0.717, 1.165) is 25.3 Å². The van der Waals surface area contributed by atoms with Crippen LogP contribution < -0.4 is 10.6 Å². The summed E-state index contributed by atoms with van der Waals surface area (Å²) in [4.78, 5) is 11.9. The topological polar surface area (TPSA) is 41.1 Å². The van der Waals surface area contributed by atoms with Crippen LogP contribution in [0.5, 0.6) is 0 Å². The van der Waals surface area contributed by atoms with Gasteiger partial charge in [-0.2, -0.15) is 0 Å². The SMILES string of the molecule is CC(C)CCCC(C)NC(=O)[C@@H]1CCCCN1. The monoisotopic (exact) mass is 240 g/mol. The molecule has 1 rings (SSSR count). The number of nitrogens with one attached hydrogen (secondary N) is 2. The van der Waals surface area contributed by atoms with Crippen molar-refractivity contribution in [2.24, 2.45) is 5.92 Å². The molecule has 0 aromatic heterocycles. The number of rotatable bonds is 6. The lowest BCUT2D eigenvalue weighted by atomic mass is 10.0. The molecule has 0 radical (unpaired) electrons. The van der Waals surface area contributed by atoms with Gasteiger partial charge in [-0.1, -0.05) is 33.1 Å². The summed E-state index contributed by atoms with van der Waals surface area (Å²) in [6.07, 6.45) is 6.92. The quantitative estimate of drug-likeness (QED) is 0.749. The van der Waals surface area contributed by atoms with E-state index in [1.165, 1.54) is 25.7 Å². The molecule has 1 saturated heterocycles. The molecule has 100 valence electrons. The Morgan fingerprint density at radius 2 is 2.06 bits per heavy atom. The van der Waals surface area contributed by atoms with E-state index in [2.05, 4.69) is 31.4 Å². The summed E-state index contributed by atoms with van der Waals surface area (Å²) >= 11 is 0. The van der Waals surface area contributed by atoms with E-state index in [4.69, 9.17) is 0 Å². The Kier molecular flexibility index (Phi) is 6.56. The Morgan fingerprint density at radius 3 is 2.65 bits per heavy atom. The summed E-state index contributed by atoms with van der Waals surface area (Å²) in [6, 6.07) is 0.362. The van der Waals surface area contributed by atoms with Gasteiger partial charge in [0.05, 0.1) is 6.04 Å². The van der Waals surface area contributed by atoms with Crippen molar-refractivity contribution >= 4 is 5.91 Å². The molecular formula is C14H28N2O. The molecule has 2 atom stereocenters. The van der Waals surface area contributed by atoms with Crippen LogP contribution in [-0.4, -0.2) is 24.5 Å². The third kappa shape index (κ3) is 6.06. The normalized spacial score (nSPS) is 22.5.